The lowest BCUT2D eigenvalue weighted by atomic mass is 10.0. The molecule has 6 N–H and O–H groups in total. The molecule has 5 rings (SSSR count). The lowest BCUT2D eigenvalue weighted by molar-refractivity contribution is -0.136. The Morgan fingerprint density at radius 1 is 0.904 bits per heavy atom. The number of aliphatic hydroxyl groups is 1. The number of nitrogens with zero attached hydrogens (tertiary/aromatic N) is 2. The van der Waals surface area contributed by atoms with Crippen LogP contribution in [0.4, 0.5) is 0 Å². The summed E-state index contributed by atoms with van der Waals surface area (Å²) >= 11 is 0. The third-order valence-electron chi connectivity index (χ3n) is 8.53. The number of aromatic nitrogens is 2. The van der Waals surface area contributed by atoms with Gasteiger partial charge in [0.1, 0.15) is 41.4 Å². The van der Waals surface area contributed by atoms with Gasteiger partial charge < -0.3 is 31.1 Å². The third-order valence-corrected chi connectivity index (χ3v) is 9.96. The first kappa shape index (κ1) is 40.0. The van der Waals surface area contributed by atoms with E-state index in [-0.39, 0.29) is 23.8 Å². The molecule has 0 saturated heterocycles. The lowest BCUT2D eigenvalue weighted by Gasteiger charge is -2.29. The van der Waals surface area contributed by atoms with E-state index in [2.05, 4.69) is 31.1 Å². The zero-order valence-corrected chi connectivity index (χ0v) is 30.9. The fraction of sp³-hybridized carbons (Fsp3) is 0.472. The number of nitrogens with one attached hydrogen (secondary N) is 5. The molecule has 2 aliphatic rings. The number of sulfonamides is 1. The maximum Gasteiger partial charge on any atom is 0.245 e. The minimum Gasteiger partial charge on any atom is -0.491 e. The van der Waals surface area contributed by atoms with Crippen LogP contribution in [0.2, 0.25) is 0 Å². The highest BCUT2D eigenvalue weighted by atomic mass is 32.2. The summed E-state index contributed by atoms with van der Waals surface area (Å²) in [5.74, 6) is -2.82. The van der Waals surface area contributed by atoms with Crippen molar-refractivity contribution in [1.29, 1.82) is 0 Å². The topological polar surface area (TPSA) is 210 Å². The van der Waals surface area contributed by atoms with E-state index in [9.17, 15) is 32.7 Å². The number of rotatable bonds is 9. The zero-order valence-electron chi connectivity index (χ0n) is 30.0. The summed E-state index contributed by atoms with van der Waals surface area (Å²) in [7, 11) is -4.23. The summed E-state index contributed by atoms with van der Waals surface area (Å²) in [6, 6.07) is 10.6. The highest BCUT2D eigenvalue weighted by Crippen LogP contribution is 2.17. The summed E-state index contributed by atoms with van der Waals surface area (Å²) in [5.41, 5.74) is 1.53. The van der Waals surface area contributed by atoms with Crippen LogP contribution < -0.4 is 30.7 Å². The smallest absolute Gasteiger partial charge is 0.245 e. The fourth-order valence-corrected chi connectivity index (χ4v) is 6.76. The van der Waals surface area contributed by atoms with Crippen molar-refractivity contribution in [3.8, 4) is 5.75 Å². The lowest BCUT2D eigenvalue weighted by Crippen LogP contribution is -2.61. The third kappa shape index (κ3) is 11.1. The number of hydrogen-bond donors (Lipinski definition) is 6. The van der Waals surface area contributed by atoms with Gasteiger partial charge in [-0.25, -0.2) is 8.42 Å². The van der Waals surface area contributed by atoms with Gasteiger partial charge >= 0.3 is 0 Å². The highest BCUT2D eigenvalue weighted by Gasteiger charge is 2.34. The number of ether oxygens (including phenoxy) is 1. The number of carbonyl (C=O) groups excluding carboxylic acids is 4. The molecule has 0 radical (unpaired) electrons. The van der Waals surface area contributed by atoms with Crippen molar-refractivity contribution in [2.75, 3.05) is 6.61 Å². The van der Waals surface area contributed by atoms with Crippen LogP contribution in [0.3, 0.4) is 0 Å². The van der Waals surface area contributed by atoms with Gasteiger partial charge in [-0.05, 0) is 62.3 Å². The van der Waals surface area contributed by atoms with Crippen molar-refractivity contribution in [1.82, 2.24) is 35.8 Å². The van der Waals surface area contributed by atoms with Crippen molar-refractivity contribution >= 4 is 33.7 Å². The Hall–Kier alpha value is -4.80. The number of hydrogen-bond acceptors (Lipinski definition) is 9. The van der Waals surface area contributed by atoms with E-state index in [1.165, 1.54) is 30.9 Å². The van der Waals surface area contributed by atoms with Crippen LogP contribution in [0, 0.1) is 5.92 Å². The van der Waals surface area contributed by atoms with Crippen molar-refractivity contribution < 1.29 is 37.4 Å². The van der Waals surface area contributed by atoms with Gasteiger partial charge in [-0.1, -0.05) is 63.2 Å². The van der Waals surface area contributed by atoms with Crippen LogP contribution in [0.1, 0.15) is 52.2 Å². The van der Waals surface area contributed by atoms with Crippen molar-refractivity contribution in [3.05, 3.63) is 78.1 Å². The normalized spacial score (nSPS) is 23.2. The van der Waals surface area contributed by atoms with E-state index >= 15 is 0 Å². The standard InChI is InChI=1S/C36H49N7O8S/c1-6-16-43-20-29(19-37-43)52(49,50)42-30-18-26-12-14-28(15-13-26)51-21-27(17-25-10-8-7-9-11-25)39-35(47)31(22(2)3)40-36(48)32(24(5)44)41-33(45)23(4)38-34(30)46/h7-15,19-20,22-24,27,30-32,42,44H,6,16-18,21H2,1-5H3,(H,38,46)(H,39,47)(H,40,48)(H,41,45)/t23-,24-,27+,30+,31-,32+/m1/s1. The molecule has 0 unspecified atom stereocenters. The van der Waals surface area contributed by atoms with E-state index in [0.717, 1.165) is 12.0 Å². The molecular formula is C36H49N7O8S. The number of aliphatic hydroxyl groups excluding tert-OH is 1. The van der Waals surface area contributed by atoms with Gasteiger partial charge in [0.05, 0.1) is 18.3 Å². The van der Waals surface area contributed by atoms with Gasteiger partial charge in [0.15, 0.2) is 0 Å². The van der Waals surface area contributed by atoms with Crippen LogP contribution >= 0.6 is 0 Å². The van der Waals surface area contributed by atoms with E-state index < -0.39 is 70.0 Å². The molecule has 15 nitrogen and oxygen atoms in total. The largest absolute Gasteiger partial charge is 0.491 e. The molecule has 6 atom stereocenters. The molecule has 3 aromatic rings. The van der Waals surface area contributed by atoms with Gasteiger partial charge in [-0.3, -0.25) is 23.9 Å². The van der Waals surface area contributed by atoms with Gasteiger partial charge in [0.2, 0.25) is 33.7 Å². The molecule has 2 aromatic carbocycles. The first-order chi connectivity index (χ1) is 24.7. The molecule has 52 heavy (non-hydrogen) atoms. The molecule has 4 amide bonds. The van der Waals surface area contributed by atoms with E-state index in [1.54, 1.807) is 38.1 Å². The van der Waals surface area contributed by atoms with Gasteiger partial charge in [-0.2, -0.15) is 9.82 Å². The summed E-state index contributed by atoms with van der Waals surface area (Å²) < 4.78 is 36.9. The molecule has 2 bridgehead atoms. The average molecular weight is 740 g/mol. The minimum atomic E-state index is -4.23. The SMILES string of the molecule is CCCn1cc(S(=O)(=O)N[C@H]2Cc3ccc(cc3)OC[C@H](Cc3ccccc3)NC(=O)[C@@H](C(C)C)NC(=O)[C@H]([C@@H](C)O)NC(=O)[C@@H](C)NC2=O)cn1. The second kappa shape index (κ2) is 18.1. The molecule has 0 aliphatic carbocycles. The molecule has 3 heterocycles. The van der Waals surface area contributed by atoms with Crippen LogP contribution in [-0.2, 0) is 48.6 Å². The summed E-state index contributed by atoms with van der Waals surface area (Å²) in [4.78, 5) is 54.0. The zero-order chi connectivity index (χ0) is 38.0. The summed E-state index contributed by atoms with van der Waals surface area (Å²) in [6.07, 6.45) is 2.25. The predicted octanol–water partition coefficient (Wildman–Crippen LogP) is 0.814. The molecule has 0 fully saturated rings. The van der Waals surface area contributed by atoms with E-state index in [0.29, 0.717) is 24.3 Å². The maximum absolute atomic E-state index is 13.7. The van der Waals surface area contributed by atoms with Gasteiger partial charge in [-0.15, -0.1) is 0 Å². The Bertz CT molecular complexity index is 1780. The van der Waals surface area contributed by atoms with Gasteiger partial charge in [0.25, 0.3) is 0 Å². The van der Waals surface area contributed by atoms with Crippen LogP contribution in [0.25, 0.3) is 0 Å². The summed E-state index contributed by atoms with van der Waals surface area (Å²) in [5, 5.41) is 25.2. The predicted molar refractivity (Wildman–Crippen MR) is 192 cm³/mol. The molecule has 282 valence electrons. The second-order valence-corrected chi connectivity index (χ2v) is 15.1. The minimum absolute atomic E-state index is 0.0690. The first-order valence-corrected chi connectivity index (χ1v) is 18.8. The Balaban J connectivity index is 1.68. The Kier molecular flexibility index (Phi) is 13.9. The number of carbonyl (C=O) groups is 4. The maximum atomic E-state index is 13.7. The second-order valence-electron chi connectivity index (χ2n) is 13.4. The Morgan fingerprint density at radius 2 is 1.56 bits per heavy atom. The molecule has 0 saturated carbocycles. The van der Waals surface area contributed by atoms with Crippen LogP contribution in [-0.4, -0.2) is 89.9 Å². The van der Waals surface area contributed by atoms with E-state index in [1.807, 2.05) is 37.3 Å². The average Bonchev–Trinajstić information content (AvgIpc) is 3.58. The quantitative estimate of drug-likeness (QED) is 0.171. The van der Waals surface area contributed by atoms with Crippen LogP contribution in [0.5, 0.6) is 5.75 Å². The van der Waals surface area contributed by atoms with Crippen molar-refractivity contribution in [2.45, 2.75) is 102 Å². The molecule has 0 spiro atoms. The molecular weight excluding hydrogens is 691 g/mol. The number of amides is 4. The number of fused-ring (bicyclic) bond motifs is 17. The van der Waals surface area contributed by atoms with Crippen molar-refractivity contribution in [2.24, 2.45) is 5.92 Å². The Labute approximate surface area is 304 Å². The van der Waals surface area contributed by atoms with E-state index in [4.69, 9.17) is 4.74 Å². The van der Waals surface area contributed by atoms with Crippen LogP contribution in [0.15, 0.2) is 71.9 Å². The molecule has 2 aliphatic heterocycles. The Morgan fingerprint density at radius 3 is 2.19 bits per heavy atom. The van der Waals surface area contributed by atoms with Crippen molar-refractivity contribution in [3.63, 3.8) is 0 Å². The number of aryl methyl sites for hydroxylation is 1. The molecule has 16 heteroatoms. The highest BCUT2D eigenvalue weighted by molar-refractivity contribution is 7.89. The number of benzene rings is 2. The monoisotopic (exact) mass is 739 g/mol. The molecule has 1 aromatic heterocycles. The first-order valence-electron chi connectivity index (χ1n) is 17.4. The van der Waals surface area contributed by atoms with Gasteiger partial charge in [0, 0.05) is 12.7 Å². The summed E-state index contributed by atoms with van der Waals surface area (Å²) in [6.45, 7) is 8.67. The fourth-order valence-electron chi connectivity index (χ4n) is 5.61.